The lowest BCUT2D eigenvalue weighted by molar-refractivity contribution is 1.01. The second-order valence-corrected chi connectivity index (χ2v) is 4.82. The summed E-state index contributed by atoms with van der Waals surface area (Å²) >= 11 is 1.74. The first-order chi connectivity index (χ1) is 8.31. The van der Waals surface area contributed by atoms with Crippen LogP contribution in [0.3, 0.4) is 0 Å². The molecule has 0 amide bonds. The van der Waals surface area contributed by atoms with Gasteiger partial charge in [0.25, 0.3) is 0 Å². The van der Waals surface area contributed by atoms with Crippen molar-refractivity contribution in [1.82, 2.24) is 9.38 Å². The second-order valence-electron chi connectivity index (χ2n) is 3.93. The van der Waals surface area contributed by atoms with Gasteiger partial charge in [0, 0.05) is 29.0 Å². The number of fused-ring (bicyclic) bond motifs is 1. The van der Waals surface area contributed by atoms with Gasteiger partial charge in [0.05, 0.1) is 0 Å². The Morgan fingerprint density at radius 1 is 1.35 bits per heavy atom. The fraction of sp³-hybridized carbons (Fsp3) is 0.154. The lowest BCUT2D eigenvalue weighted by Gasteiger charge is -2.02. The van der Waals surface area contributed by atoms with Crippen molar-refractivity contribution < 1.29 is 0 Å². The molecule has 3 rings (SSSR count). The molecule has 0 radical (unpaired) electrons. The Bertz CT molecular complexity index is 652. The van der Waals surface area contributed by atoms with Gasteiger partial charge >= 0.3 is 0 Å². The molecule has 2 N–H and O–H groups in total. The molecule has 0 saturated carbocycles. The summed E-state index contributed by atoms with van der Waals surface area (Å²) in [6.45, 7) is 2.15. The molecule has 4 heteroatoms. The van der Waals surface area contributed by atoms with Crippen molar-refractivity contribution in [1.29, 1.82) is 0 Å². The molecule has 3 aromatic heterocycles. The standard InChI is InChI=1S/C13H13N3S/c1-2-10-8-17-12-7-11(13(14)16(10)12)9-3-5-15-6-4-9/h3-8H,2,14H2,1H3. The fourth-order valence-electron chi connectivity index (χ4n) is 2.07. The smallest absolute Gasteiger partial charge is 0.116 e. The number of hydrogen-bond donors (Lipinski definition) is 1. The van der Waals surface area contributed by atoms with Crippen LogP contribution in [0.25, 0.3) is 16.0 Å². The monoisotopic (exact) mass is 243 g/mol. The molecule has 0 saturated heterocycles. The zero-order valence-electron chi connectivity index (χ0n) is 9.55. The summed E-state index contributed by atoms with van der Waals surface area (Å²) < 4.78 is 2.14. The lowest BCUT2D eigenvalue weighted by atomic mass is 10.1. The Hall–Kier alpha value is -1.81. The van der Waals surface area contributed by atoms with Gasteiger partial charge in [-0.2, -0.15) is 0 Å². The zero-order chi connectivity index (χ0) is 11.8. The van der Waals surface area contributed by atoms with Gasteiger partial charge in [0.1, 0.15) is 10.6 Å². The van der Waals surface area contributed by atoms with Crippen molar-refractivity contribution in [2.45, 2.75) is 13.3 Å². The van der Waals surface area contributed by atoms with E-state index >= 15 is 0 Å². The predicted molar refractivity (Wildman–Crippen MR) is 72.3 cm³/mol. The van der Waals surface area contributed by atoms with E-state index in [4.69, 9.17) is 5.73 Å². The third kappa shape index (κ3) is 1.52. The van der Waals surface area contributed by atoms with Crippen LogP contribution in [0, 0.1) is 0 Å². The van der Waals surface area contributed by atoms with Crippen molar-refractivity contribution in [3.8, 4) is 11.1 Å². The lowest BCUT2D eigenvalue weighted by Crippen LogP contribution is -1.96. The van der Waals surface area contributed by atoms with Crippen LogP contribution >= 0.6 is 11.3 Å². The number of rotatable bonds is 2. The molecule has 0 aromatic carbocycles. The highest BCUT2D eigenvalue weighted by molar-refractivity contribution is 7.15. The topological polar surface area (TPSA) is 43.3 Å². The SMILES string of the molecule is CCc1csc2cc(-c3ccncc3)c(N)n12. The molecule has 0 aliphatic rings. The van der Waals surface area contributed by atoms with Crippen LogP contribution < -0.4 is 5.73 Å². The highest BCUT2D eigenvalue weighted by atomic mass is 32.1. The molecule has 0 aliphatic carbocycles. The van der Waals surface area contributed by atoms with Crippen molar-refractivity contribution in [2.24, 2.45) is 0 Å². The number of hydrogen-bond acceptors (Lipinski definition) is 3. The number of pyridine rings is 1. The second kappa shape index (κ2) is 3.89. The van der Waals surface area contributed by atoms with E-state index in [9.17, 15) is 0 Å². The van der Waals surface area contributed by atoms with E-state index in [0.29, 0.717) is 0 Å². The van der Waals surface area contributed by atoms with Gasteiger partial charge in [-0.1, -0.05) is 6.92 Å². The Balaban J connectivity index is 2.25. The highest BCUT2D eigenvalue weighted by Crippen LogP contribution is 2.33. The molecule has 0 unspecified atom stereocenters. The number of aromatic nitrogens is 2. The minimum atomic E-state index is 0.823. The molecular formula is C13H13N3S. The Morgan fingerprint density at radius 2 is 2.12 bits per heavy atom. The Labute approximate surface area is 104 Å². The summed E-state index contributed by atoms with van der Waals surface area (Å²) in [5.74, 6) is 0.823. The molecule has 3 heterocycles. The number of nitrogens with two attached hydrogens (primary N) is 1. The third-order valence-electron chi connectivity index (χ3n) is 2.96. The number of nitrogen functional groups attached to an aromatic ring is 1. The Morgan fingerprint density at radius 3 is 2.82 bits per heavy atom. The molecular weight excluding hydrogens is 230 g/mol. The largest absolute Gasteiger partial charge is 0.384 e. The van der Waals surface area contributed by atoms with Crippen LogP contribution in [0.2, 0.25) is 0 Å². The maximum Gasteiger partial charge on any atom is 0.116 e. The molecule has 0 bridgehead atoms. The maximum atomic E-state index is 6.24. The summed E-state index contributed by atoms with van der Waals surface area (Å²) in [4.78, 5) is 5.23. The van der Waals surface area contributed by atoms with Gasteiger partial charge in [-0.05, 0) is 30.2 Å². The quantitative estimate of drug-likeness (QED) is 0.751. The summed E-state index contributed by atoms with van der Waals surface area (Å²) in [7, 11) is 0. The average Bonchev–Trinajstić information content (AvgIpc) is 2.91. The first-order valence-corrected chi connectivity index (χ1v) is 6.47. The number of anilines is 1. The van der Waals surface area contributed by atoms with E-state index in [2.05, 4.69) is 27.8 Å². The van der Waals surface area contributed by atoms with E-state index in [1.165, 1.54) is 10.5 Å². The van der Waals surface area contributed by atoms with E-state index in [0.717, 1.165) is 23.4 Å². The first kappa shape index (κ1) is 10.4. The van der Waals surface area contributed by atoms with Crippen LogP contribution in [-0.4, -0.2) is 9.38 Å². The molecule has 3 aromatic rings. The summed E-state index contributed by atoms with van der Waals surface area (Å²) in [5.41, 5.74) is 9.72. The van der Waals surface area contributed by atoms with Crippen LogP contribution in [0.5, 0.6) is 0 Å². The Kier molecular flexibility index (Phi) is 2.37. The number of thiazole rings is 1. The van der Waals surface area contributed by atoms with Crippen molar-refractivity contribution in [3.05, 3.63) is 41.7 Å². The van der Waals surface area contributed by atoms with Crippen molar-refractivity contribution in [2.75, 3.05) is 5.73 Å². The maximum absolute atomic E-state index is 6.24. The van der Waals surface area contributed by atoms with Gasteiger partial charge in [-0.15, -0.1) is 11.3 Å². The summed E-state index contributed by atoms with van der Waals surface area (Å²) in [5, 5.41) is 2.17. The first-order valence-electron chi connectivity index (χ1n) is 5.59. The van der Waals surface area contributed by atoms with Crippen LogP contribution in [0.4, 0.5) is 5.82 Å². The normalized spacial score (nSPS) is 11.1. The van der Waals surface area contributed by atoms with Gasteiger partial charge in [-0.3, -0.25) is 9.38 Å². The van der Waals surface area contributed by atoms with Gasteiger partial charge < -0.3 is 5.73 Å². The van der Waals surface area contributed by atoms with E-state index in [-0.39, 0.29) is 0 Å². The van der Waals surface area contributed by atoms with E-state index < -0.39 is 0 Å². The van der Waals surface area contributed by atoms with Crippen molar-refractivity contribution in [3.63, 3.8) is 0 Å². The number of aryl methyl sites for hydroxylation is 1. The molecule has 0 aliphatic heterocycles. The molecule has 17 heavy (non-hydrogen) atoms. The van der Waals surface area contributed by atoms with Gasteiger partial charge in [0.15, 0.2) is 0 Å². The third-order valence-corrected chi connectivity index (χ3v) is 3.89. The molecule has 0 spiro atoms. The van der Waals surface area contributed by atoms with Gasteiger partial charge in [-0.25, -0.2) is 0 Å². The average molecular weight is 243 g/mol. The van der Waals surface area contributed by atoms with Crippen LogP contribution in [0.15, 0.2) is 36.0 Å². The van der Waals surface area contributed by atoms with Crippen LogP contribution in [0.1, 0.15) is 12.6 Å². The minimum absolute atomic E-state index is 0.823. The summed E-state index contributed by atoms with van der Waals surface area (Å²) in [6.07, 6.45) is 4.58. The van der Waals surface area contributed by atoms with Crippen LogP contribution in [-0.2, 0) is 6.42 Å². The molecule has 86 valence electrons. The summed E-state index contributed by atoms with van der Waals surface area (Å²) in [6, 6.07) is 6.12. The van der Waals surface area contributed by atoms with Gasteiger partial charge in [0.2, 0.25) is 0 Å². The van der Waals surface area contributed by atoms with E-state index in [1.54, 1.807) is 23.7 Å². The highest BCUT2D eigenvalue weighted by Gasteiger charge is 2.12. The molecule has 0 atom stereocenters. The predicted octanol–water partition coefficient (Wildman–Crippen LogP) is 3.21. The fourth-order valence-corrected chi connectivity index (χ4v) is 3.11. The molecule has 0 fully saturated rings. The number of nitrogens with zero attached hydrogens (tertiary/aromatic N) is 2. The van der Waals surface area contributed by atoms with Crippen molar-refractivity contribution >= 4 is 22.0 Å². The van der Waals surface area contributed by atoms with E-state index in [1.807, 2.05) is 12.1 Å². The zero-order valence-corrected chi connectivity index (χ0v) is 10.4. The molecule has 3 nitrogen and oxygen atoms in total. The minimum Gasteiger partial charge on any atom is -0.384 e.